The molecule has 0 aliphatic carbocycles. The molecular weight excluding hydrogens is 414 g/mol. The van der Waals surface area contributed by atoms with Crippen LogP contribution in [-0.4, -0.2) is 35.1 Å². The third-order valence-corrected chi connectivity index (χ3v) is 6.78. The summed E-state index contributed by atoms with van der Waals surface area (Å²) in [5.74, 6) is 2.46. The largest absolute Gasteiger partial charge is 0.486 e. The lowest BCUT2D eigenvalue weighted by atomic mass is 10.2. The summed E-state index contributed by atoms with van der Waals surface area (Å²) in [6.45, 7) is 1.11. The van der Waals surface area contributed by atoms with E-state index in [-0.39, 0.29) is 11.7 Å². The lowest BCUT2D eigenvalue weighted by molar-refractivity contribution is -0.113. The molecule has 1 amide bonds. The number of benzene rings is 2. The number of amides is 1. The molecule has 0 saturated heterocycles. The summed E-state index contributed by atoms with van der Waals surface area (Å²) in [5.41, 5.74) is 1.23. The zero-order valence-corrected chi connectivity index (χ0v) is 17.2. The van der Waals surface area contributed by atoms with Crippen molar-refractivity contribution in [2.75, 3.05) is 24.3 Å². The van der Waals surface area contributed by atoms with Crippen LogP contribution in [-0.2, 0) is 10.5 Å². The van der Waals surface area contributed by atoms with Gasteiger partial charge in [-0.15, -0.1) is 22.0 Å². The maximum atomic E-state index is 12.2. The number of anilines is 1. The number of rotatable bonds is 7. The molecule has 1 aromatic heterocycles. The number of aromatic nitrogens is 2. The molecule has 0 atom stereocenters. The van der Waals surface area contributed by atoms with E-state index < -0.39 is 0 Å². The number of fused-ring (bicyclic) bond motifs is 1. The van der Waals surface area contributed by atoms with Crippen LogP contribution >= 0.6 is 34.9 Å². The van der Waals surface area contributed by atoms with E-state index in [2.05, 4.69) is 27.6 Å². The molecule has 3 aromatic rings. The van der Waals surface area contributed by atoms with Gasteiger partial charge in [-0.25, -0.2) is 0 Å². The van der Waals surface area contributed by atoms with E-state index in [9.17, 15) is 4.79 Å². The van der Waals surface area contributed by atoms with Crippen LogP contribution in [0.5, 0.6) is 11.5 Å². The Hall–Kier alpha value is -2.23. The Balaban J connectivity index is 1.25. The first-order valence-electron chi connectivity index (χ1n) is 8.59. The number of carbonyl (C=O) groups is 1. The lowest BCUT2D eigenvalue weighted by Crippen LogP contribution is -2.15. The molecule has 2 heterocycles. The molecule has 0 radical (unpaired) electrons. The fourth-order valence-corrected chi connectivity index (χ4v) is 4.90. The van der Waals surface area contributed by atoms with E-state index in [1.54, 1.807) is 11.8 Å². The van der Waals surface area contributed by atoms with Crippen molar-refractivity contribution in [3.63, 3.8) is 0 Å². The second-order valence-corrected chi connectivity index (χ2v) is 9.04. The standard InChI is InChI=1S/C19H17N3O3S3/c23-17(12-26-14-6-7-15-16(10-14)25-9-8-24-15)20-18-21-22-19(28-18)27-11-13-4-2-1-3-5-13/h1-7,10H,8-9,11-12H2,(H,20,21,23). The Morgan fingerprint density at radius 1 is 1.04 bits per heavy atom. The Bertz CT molecular complexity index is 950. The van der Waals surface area contributed by atoms with Crippen molar-refractivity contribution in [1.29, 1.82) is 0 Å². The van der Waals surface area contributed by atoms with Crippen LogP contribution in [0.25, 0.3) is 0 Å². The fourth-order valence-electron chi connectivity index (χ4n) is 2.46. The Labute approximate surface area is 175 Å². The van der Waals surface area contributed by atoms with Crippen LogP contribution < -0.4 is 14.8 Å². The summed E-state index contributed by atoms with van der Waals surface area (Å²) in [6, 6.07) is 15.9. The summed E-state index contributed by atoms with van der Waals surface area (Å²) in [7, 11) is 0. The van der Waals surface area contributed by atoms with Gasteiger partial charge in [0.15, 0.2) is 15.8 Å². The minimum absolute atomic E-state index is 0.115. The van der Waals surface area contributed by atoms with Crippen molar-refractivity contribution in [2.45, 2.75) is 15.0 Å². The summed E-state index contributed by atoms with van der Waals surface area (Å²) >= 11 is 4.43. The van der Waals surface area contributed by atoms with Crippen LogP contribution in [0.1, 0.15) is 5.56 Å². The molecule has 1 N–H and O–H groups in total. The maximum Gasteiger partial charge on any atom is 0.236 e. The van der Waals surface area contributed by atoms with Crippen molar-refractivity contribution >= 4 is 45.9 Å². The molecule has 1 aliphatic heterocycles. The highest BCUT2D eigenvalue weighted by molar-refractivity contribution is 8.00. The highest BCUT2D eigenvalue weighted by Crippen LogP contribution is 2.34. The average molecular weight is 432 g/mol. The summed E-state index contributed by atoms with van der Waals surface area (Å²) in [4.78, 5) is 13.2. The van der Waals surface area contributed by atoms with Crippen LogP contribution in [0.15, 0.2) is 57.8 Å². The van der Waals surface area contributed by atoms with Gasteiger partial charge in [0.25, 0.3) is 0 Å². The van der Waals surface area contributed by atoms with Crippen LogP contribution in [0.4, 0.5) is 5.13 Å². The molecule has 28 heavy (non-hydrogen) atoms. The fraction of sp³-hybridized carbons (Fsp3) is 0.211. The summed E-state index contributed by atoms with van der Waals surface area (Å²) in [5, 5.41) is 11.5. The van der Waals surface area contributed by atoms with Gasteiger partial charge in [0.2, 0.25) is 11.0 Å². The smallest absolute Gasteiger partial charge is 0.236 e. The highest BCUT2D eigenvalue weighted by Gasteiger charge is 2.13. The normalized spacial score (nSPS) is 12.6. The minimum Gasteiger partial charge on any atom is -0.486 e. The number of thioether (sulfide) groups is 2. The van der Waals surface area contributed by atoms with Crippen molar-refractivity contribution in [3.05, 3.63) is 54.1 Å². The van der Waals surface area contributed by atoms with E-state index in [1.807, 2.05) is 36.4 Å². The van der Waals surface area contributed by atoms with Gasteiger partial charge in [-0.1, -0.05) is 53.4 Å². The molecule has 0 saturated carbocycles. The van der Waals surface area contributed by atoms with E-state index in [0.717, 1.165) is 26.5 Å². The van der Waals surface area contributed by atoms with Gasteiger partial charge < -0.3 is 9.47 Å². The maximum absolute atomic E-state index is 12.2. The number of hydrogen-bond acceptors (Lipinski definition) is 8. The minimum atomic E-state index is -0.115. The summed E-state index contributed by atoms with van der Waals surface area (Å²) < 4.78 is 11.9. The van der Waals surface area contributed by atoms with Gasteiger partial charge in [0.05, 0.1) is 5.75 Å². The Kier molecular flexibility index (Phi) is 6.35. The molecule has 2 aromatic carbocycles. The first-order valence-corrected chi connectivity index (χ1v) is 11.4. The van der Waals surface area contributed by atoms with Gasteiger partial charge >= 0.3 is 0 Å². The predicted octanol–water partition coefficient (Wildman–Crippen LogP) is 4.33. The first kappa shape index (κ1) is 19.1. The predicted molar refractivity (Wildman–Crippen MR) is 113 cm³/mol. The molecule has 4 rings (SSSR count). The van der Waals surface area contributed by atoms with Crippen LogP contribution in [0, 0.1) is 0 Å². The zero-order chi connectivity index (χ0) is 19.2. The van der Waals surface area contributed by atoms with Crippen LogP contribution in [0.3, 0.4) is 0 Å². The van der Waals surface area contributed by atoms with Crippen LogP contribution in [0.2, 0.25) is 0 Å². The quantitative estimate of drug-likeness (QED) is 0.441. The SMILES string of the molecule is O=C(CSc1ccc2c(c1)OCCO2)Nc1nnc(SCc2ccccc2)s1. The number of hydrogen-bond donors (Lipinski definition) is 1. The Morgan fingerprint density at radius 2 is 1.86 bits per heavy atom. The second-order valence-electron chi connectivity index (χ2n) is 5.79. The van der Waals surface area contributed by atoms with E-state index in [4.69, 9.17) is 9.47 Å². The van der Waals surface area contributed by atoms with E-state index >= 15 is 0 Å². The van der Waals surface area contributed by atoms with Gasteiger partial charge in [-0.3, -0.25) is 10.1 Å². The third kappa shape index (κ3) is 5.18. The van der Waals surface area contributed by atoms with Crippen molar-refractivity contribution in [2.24, 2.45) is 0 Å². The van der Waals surface area contributed by atoms with Gasteiger partial charge in [-0.05, 0) is 23.8 Å². The summed E-state index contributed by atoms with van der Waals surface area (Å²) in [6.07, 6.45) is 0. The van der Waals surface area contributed by atoms with E-state index in [0.29, 0.717) is 18.3 Å². The molecule has 0 bridgehead atoms. The molecule has 0 fully saturated rings. The highest BCUT2D eigenvalue weighted by atomic mass is 32.2. The molecule has 6 nitrogen and oxygen atoms in total. The third-order valence-electron chi connectivity index (χ3n) is 3.74. The van der Waals surface area contributed by atoms with Crippen molar-refractivity contribution < 1.29 is 14.3 Å². The second kappa shape index (κ2) is 9.31. The molecule has 0 unspecified atom stereocenters. The van der Waals surface area contributed by atoms with Crippen molar-refractivity contribution in [1.82, 2.24) is 10.2 Å². The zero-order valence-electron chi connectivity index (χ0n) is 14.8. The topological polar surface area (TPSA) is 73.3 Å². The van der Waals surface area contributed by atoms with Gasteiger partial charge in [0, 0.05) is 10.6 Å². The number of nitrogens with one attached hydrogen (secondary N) is 1. The first-order chi connectivity index (χ1) is 13.8. The average Bonchev–Trinajstić information content (AvgIpc) is 3.18. The van der Waals surface area contributed by atoms with Crippen molar-refractivity contribution in [3.8, 4) is 11.5 Å². The molecule has 144 valence electrons. The number of carbonyl (C=O) groups excluding carboxylic acids is 1. The molecule has 0 spiro atoms. The number of nitrogens with zero attached hydrogens (tertiary/aromatic N) is 2. The molecule has 1 aliphatic rings. The number of ether oxygens (including phenoxy) is 2. The molecular formula is C19H17N3O3S3. The van der Waals surface area contributed by atoms with Gasteiger partial charge in [-0.2, -0.15) is 0 Å². The monoisotopic (exact) mass is 431 g/mol. The van der Waals surface area contributed by atoms with E-state index in [1.165, 1.54) is 28.7 Å². The molecule has 9 heteroatoms. The Morgan fingerprint density at radius 3 is 2.71 bits per heavy atom. The van der Waals surface area contributed by atoms with Gasteiger partial charge in [0.1, 0.15) is 13.2 Å². The lowest BCUT2D eigenvalue weighted by Gasteiger charge is -2.18.